The maximum Gasteiger partial charge on any atom is 0.305 e. The number of nitrogens with zero attached hydrogens (tertiary/aromatic N) is 1. The number of rotatable bonds is 6. The normalized spacial score (nSPS) is 19.7. The fourth-order valence-corrected chi connectivity index (χ4v) is 1.72. The number of hydrogen-bond donors (Lipinski definition) is 1. The Hall–Kier alpha value is -1.10. The Morgan fingerprint density at radius 2 is 2.19 bits per heavy atom. The Labute approximate surface area is 95.4 Å². The lowest BCUT2D eigenvalue weighted by Gasteiger charge is -2.16. The average Bonchev–Trinajstić information content (AvgIpc) is 2.75. The quantitative estimate of drug-likeness (QED) is 0.729. The van der Waals surface area contributed by atoms with Gasteiger partial charge < -0.3 is 14.7 Å². The van der Waals surface area contributed by atoms with Crippen LogP contribution in [0.4, 0.5) is 0 Å². The zero-order chi connectivity index (χ0) is 12.0. The minimum atomic E-state index is -0.871. The monoisotopic (exact) mass is 229 g/mol. The van der Waals surface area contributed by atoms with Crippen LogP contribution in [0, 0.1) is 5.92 Å². The van der Waals surface area contributed by atoms with Gasteiger partial charge in [0.25, 0.3) is 0 Å². The summed E-state index contributed by atoms with van der Waals surface area (Å²) in [5.74, 6) is -0.353. The summed E-state index contributed by atoms with van der Waals surface area (Å²) < 4.78 is 5.23. The van der Waals surface area contributed by atoms with Crippen LogP contribution >= 0.6 is 0 Å². The van der Waals surface area contributed by atoms with Crippen molar-refractivity contribution in [2.45, 2.75) is 25.7 Å². The van der Waals surface area contributed by atoms with Gasteiger partial charge in [-0.15, -0.1) is 0 Å². The van der Waals surface area contributed by atoms with Crippen LogP contribution in [-0.4, -0.2) is 48.7 Å². The van der Waals surface area contributed by atoms with Gasteiger partial charge in [-0.2, -0.15) is 0 Å². The van der Waals surface area contributed by atoms with Crippen LogP contribution in [0.1, 0.15) is 25.7 Å². The molecule has 1 heterocycles. The molecule has 1 rings (SSSR count). The van der Waals surface area contributed by atoms with Crippen molar-refractivity contribution in [1.29, 1.82) is 0 Å². The number of hydrogen-bond acceptors (Lipinski definition) is 3. The number of amides is 1. The first-order valence-electron chi connectivity index (χ1n) is 5.63. The van der Waals surface area contributed by atoms with E-state index in [1.165, 1.54) is 4.90 Å². The van der Waals surface area contributed by atoms with Gasteiger partial charge in [0, 0.05) is 33.2 Å². The molecule has 0 aromatic rings. The van der Waals surface area contributed by atoms with Crippen molar-refractivity contribution in [3.8, 4) is 0 Å². The second kappa shape index (κ2) is 6.48. The fraction of sp³-hybridized carbons (Fsp3) is 0.818. The molecule has 0 radical (unpaired) electrons. The number of ether oxygens (including phenoxy) is 1. The van der Waals surface area contributed by atoms with E-state index in [0.717, 1.165) is 26.1 Å². The number of carboxylic acid groups (broad SMARTS) is 1. The highest BCUT2D eigenvalue weighted by molar-refractivity contribution is 5.76. The van der Waals surface area contributed by atoms with Crippen molar-refractivity contribution in [3.05, 3.63) is 0 Å². The number of carboxylic acids is 1. The van der Waals surface area contributed by atoms with Gasteiger partial charge in [0.05, 0.1) is 6.42 Å². The molecule has 0 aromatic carbocycles. The van der Waals surface area contributed by atoms with Crippen LogP contribution in [0.5, 0.6) is 0 Å². The van der Waals surface area contributed by atoms with Gasteiger partial charge in [-0.25, -0.2) is 0 Å². The topological polar surface area (TPSA) is 66.8 Å². The molecular weight excluding hydrogens is 210 g/mol. The van der Waals surface area contributed by atoms with Crippen molar-refractivity contribution >= 4 is 11.9 Å². The van der Waals surface area contributed by atoms with Gasteiger partial charge in [-0.1, -0.05) is 0 Å². The van der Waals surface area contributed by atoms with Crippen molar-refractivity contribution in [3.63, 3.8) is 0 Å². The molecular formula is C11H19NO4. The summed E-state index contributed by atoms with van der Waals surface area (Å²) in [6, 6.07) is 0. The summed E-state index contributed by atoms with van der Waals surface area (Å²) in [7, 11) is 1.65. The number of aliphatic carboxylic acids is 1. The zero-order valence-corrected chi connectivity index (χ0v) is 9.65. The molecule has 1 unspecified atom stereocenters. The van der Waals surface area contributed by atoms with E-state index in [0.29, 0.717) is 12.3 Å². The first-order valence-corrected chi connectivity index (χ1v) is 5.63. The molecule has 0 aliphatic carbocycles. The minimum Gasteiger partial charge on any atom is -0.481 e. The van der Waals surface area contributed by atoms with Crippen LogP contribution < -0.4 is 0 Å². The Kier molecular flexibility index (Phi) is 5.25. The third-order valence-electron chi connectivity index (χ3n) is 2.88. The molecule has 16 heavy (non-hydrogen) atoms. The Bertz CT molecular complexity index is 248. The van der Waals surface area contributed by atoms with Gasteiger partial charge in [-0.05, 0) is 18.8 Å². The molecule has 1 aliphatic rings. The second-order valence-electron chi connectivity index (χ2n) is 4.23. The van der Waals surface area contributed by atoms with Gasteiger partial charge in [-0.3, -0.25) is 9.59 Å². The molecule has 0 saturated carbocycles. The van der Waals surface area contributed by atoms with E-state index in [1.807, 2.05) is 0 Å². The average molecular weight is 229 g/mol. The van der Waals surface area contributed by atoms with E-state index < -0.39 is 5.97 Å². The maximum atomic E-state index is 11.6. The summed E-state index contributed by atoms with van der Waals surface area (Å²) in [5.41, 5.74) is 0. The predicted molar refractivity (Wildman–Crippen MR) is 58.0 cm³/mol. The lowest BCUT2D eigenvalue weighted by molar-refractivity contribution is -0.138. The molecule has 0 bridgehead atoms. The first-order chi connectivity index (χ1) is 7.59. The van der Waals surface area contributed by atoms with E-state index >= 15 is 0 Å². The second-order valence-corrected chi connectivity index (χ2v) is 4.23. The van der Waals surface area contributed by atoms with E-state index in [4.69, 9.17) is 9.84 Å². The zero-order valence-electron chi connectivity index (χ0n) is 9.65. The highest BCUT2D eigenvalue weighted by Gasteiger charge is 2.18. The first kappa shape index (κ1) is 13.0. The molecule has 1 aliphatic heterocycles. The van der Waals surface area contributed by atoms with Crippen molar-refractivity contribution in [2.24, 2.45) is 5.92 Å². The molecule has 92 valence electrons. The smallest absolute Gasteiger partial charge is 0.305 e. The third kappa shape index (κ3) is 4.61. The molecule has 1 saturated heterocycles. The number of carbonyl (C=O) groups excluding carboxylic acids is 1. The summed E-state index contributed by atoms with van der Waals surface area (Å²) in [6.07, 6.45) is 2.38. The van der Waals surface area contributed by atoms with Crippen LogP contribution in [0.25, 0.3) is 0 Å². The van der Waals surface area contributed by atoms with Crippen molar-refractivity contribution in [2.75, 3.05) is 26.8 Å². The van der Waals surface area contributed by atoms with Gasteiger partial charge in [0.1, 0.15) is 0 Å². The molecule has 0 spiro atoms. The van der Waals surface area contributed by atoms with Gasteiger partial charge >= 0.3 is 5.97 Å². The maximum absolute atomic E-state index is 11.6. The SMILES string of the molecule is CN(CCC(=O)O)C(=O)CCC1CCOC1. The highest BCUT2D eigenvalue weighted by atomic mass is 16.5. The lowest BCUT2D eigenvalue weighted by atomic mass is 10.0. The minimum absolute atomic E-state index is 0.00871. The molecule has 1 N–H and O–H groups in total. The van der Waals surface area contributed by atoms with Crippen molar-refractivity contribution in [1.82, 2.24) is 4.90 Å². The molecule has 5 heteroatoms. The molecule has 1 atom stereocenters. The van der Waals surface area contributed by atoms with E-state index in [-0.39, 0.29) is 18.9 Å². The summed E-state index contributed by atoms with van der Waals surface area (Å²) in [5, 5.41) is 8.49. The largest absolute Gasteiger partial charge is 0.481 e. The van der Waals surface area contributed by atoms with E-state index in [2.05, 4.69) is 0 Å². The Morgan fingerprint density at radius 3 is 2.75 bits per heavy atom. The summed E-state index contributed by atoms with van der Waals surface area (Å²) in [6.45, 7) is 1.84. The third-order valence-corrected chi connectivity index (χ3v) is 2.88. The molecule has 1 fully saturated rings. The van der Waals surface area contributed by atoms with Crippen LogP contribution in [-0.2, 0) is 14.3 Å². The molecule has 1 amide bonds. The van der Waals surface area contributed by atoms with Crippen LogP contribution in [0.3, 0.4) is 0 Å². The standard InChI is InChI=1S/C11H19NO4/c1-12(6-4-11(14)15)10(13)3-2-9-5-7-16-8-9/h9H,2-8H2,1H3,(H,14,15). The molecule has 5 nitrogen and oxygen atoms in total. The lowest BCUT2D eigenvalue weighted by Crippen LogP contribution is -2.29. The Morgan fingerprint density at radius 1 is 1.44 bits per heavy atom. The summed E-state index contributed by atoms with van der Waals surface area (Å²) >= 11 is 0. The number of carbonyl (C=O) groups is 2. The van der Waals surface area contributed by atoms with E-state index in [1.54, 1.807) is 7.05 Å². The summed E-state index contributed by atoms with van der Waals surface area (Å²) in [4.78, 5) is 23.4. The molecule has 0 aromatic heterocycles. The predicted octanol–water partition coefficient (Wildman–Crippen LogP) is 0.736. The highest BCUT2D eigenvalue weighted by Crippen LogP contribution is 2.18. The fourth-order valence-electron chi connectivity index (χ4n) is 1.72. The van der Waals surface area contributed by atoms with Crippen molar-refractivity contribution < 1.29 is 19.4 Å². The van der Waals surface area contributed by atoms with Gasteiger partial charge in [0.2, 0.25) is 5.91 Å². The van der Waals surface area contributed by atoms with Crippen LogP contribution in [0.15, 0.2) is 0 Å². The van der Waals surface area contributed by atoms with Gasteiger partial charge in [0.15, 0.2) is 0 Å². The van der Waals surface area contributed by atoms with Crippen LogP contribution in [0.2, 0.25) is 0 Å². The Balaban J connectivity index is 2.15. The van der Waals surface area contributed by atoms with E-state index in [9.17, 15) is 9.59 Å².